The lowest BCUT2D eigenvalue weighted by Gasteiger charge is -2.00. The predicted molar refractivity (Wildman–Crippen MR) is 86.3 cm³/mol. The molecule has 1 aromatic carbocycles. The van der Waals surface area contributed by atoms with E-state index in [1.165, 1.54) is 0 Å². The van der Waals surface area contributed by atoms with Crippen LogP contribution >= 0.6 is 11.8 Å². The van der Waals surface area contributed by atoms with E-state index in [-0.39, 0.29) is 22.0 Å². The first-order valence-corrected chi connectivity index (χ1v) is 9.24. The fourth-order valence-corrected chi connectivity index (χ4v) is 3.31. The van der Waals surface area contributed by atoms with Crippen LogP contribution < -0.4 is 5.32 Å². The van der Waals surface area contributed by atoms with E-state index >= 15 is 0 Å². The lowest BCUT2D eigenvalue weighted by atomic mass is 10.2. The third-order valence-corrected chi connectivity index (χ3v) is 5.06. The van der Waals surface area contributed by atoms with Gasteiger partial charge in [-0.15, -0.1) is 5.10 Å². The van der Waals surface area contributed by atoms with Crippen LogP contribution in [0.4, 0.5) is 4.39 Å². The molecule has 0 aromatic heterocycles. The van der Waals surface area contributed by atoms with Gasteiger partial charge in [0.05, 0.1) is 17.5 Å². The predicted octanol–water partition coefficient (Wildman–Crippen LogP) is 0.625. The van der Waals surface area contributed by atoms with E-state index in [4.69, 9.17) is 5.11 Å². The van der Waals surface area contributed by atoms with Crippen molar-refractivity contribution in [3.63, 3.8) is 0 Å². The molecular weight excluding hydrogens is 361 g/mol. The summed E-state index contributed by atoms with van der Waals surface area (Å²) in [6.45, 7) is 0. The molecule has 0 saturated carbocycles. The number of carbonyl (C=O) groups is 2. The van der Waals surface area contributed by atoms with Crippen molar-refractivity contribution in [1.29, 1.82) is 0 Å². The highest BCUT2D eigenvalue weighted by Gasteiger charge is 2.32. The van der Waals surface area contributed by atoms with Gasteiger partial charge in [0.1, 0.15) is 11.1 Å². The zero-order chi connectivity index (χ0) is 17.9. The van der Waals surface area contributed by atoms with Crippen molar-refractivity contribution in [3.05, 3.63) is 29.6 Å². The molecule has 2 N–H and O–H groups in total. The van der Waals surface area contributed by atoms with Gasteiger partial charge >= 0.3 is 5.97 Å². The average Bonchev–Trinajstić information content (AvgIpc) is 2.79. The van der Waals surface area contributed by atoms with Crippen molar-refractivity contribution in [2.24, 2.45) is 10.2 Å². The van der Waals surface area contributed by atoms with Crippen molar-refractivity contribution in [2.45, 2.75) is 16.6 Å². The van der Waals surface area contributed by atoms with Crippen LogP contribution in [0.2, 0.25) is 0 Å². The van der Waals surface area contributed by atoms with E-state index in [1.807, 2.05) is 0 Å². The standard InChI is InChI=1S/C13H12FN3O5S2/c1-24(21,22)8-2-3-9(14)7(4-8)6-15-17-13-16-12(20)10(23-13)5-11(18)19/h2-4,6,10H,5H2,1H3,(H,18,19)(H,16,17,20). The molecule has 11 heteroatoms. The molecule has 8 nitrogen and oxygen atoms in total. The van der Waals surface area contributed by atoms with Crippen molar-refractivity contribution >= 4 is 44.9 Å². The number of thioether (sulfide) groups is 1. The molecular formula is C13H12FN3O5S2. The van der Waals surface area contributed by atoms with Crippen LogP contribution in [0.5, 0.6) is 0 Å². The lowest BCUT2D eigenvalue weighted by Crippen LogP contribution is -2.26. The van der Waals surface area contributed by atoms with Gasteiger partial charge in [-0.05, 0) is 18.2 Å². The second-order valence-corrected chi connectivity index (χ2v) is 8.01. The molecule has 1 saturated heterocycles. The van der Waals surface area contributed by atoms with Crippen molar-refractivity contribution < 1.29 is 27.5 Å². The van der Waals surface area contributed by atoms with Crippen LogP contribution in [0.25, 0.3) is 0 Å². The number of hydrogen-bond donors (Lipinski definition) is 2. The van der Waals surface area contributed by atoms with E-state index in [0.717, 1.165) is 42.4 Å². The normalized spacial score (nSPS) is 19.8. The molecule has 2 rings (SSSR count). The average molecular weight is 373 g/mol. The Balaban J connectivity index is 2.15. The Morgan fingerprint density at radius 1 is 1.50 bits per heavy atom. The van der Waals surface area contributed by atoms with Crippen molar-refractivity contribution in [3.8, 4) is 0 Å². The number of sulfone groups is 1. The van der Waals surface area contributed by atoms with E-state index in [9.17, 15) is 22.4 Å². The Bertz CT molecular complexity index is 851. The smallest absolute Gasteiger partial charge is 0.305 e. The Kier molecular flexibility index (Phi) is 5.34. The molecule has 1 aliphatic rings. The minimum atomic E-state index is -3.49. The fraction of sp³-hybridized carbons (Fsp3) is 0.231. The molecule has 1 atom stereocenters. The molecule has 1 fully saturated rings. The molecule has 1 heterocycles. The number of nitrogens with one attached hydrogen (secondary N) is 1. The maximum atomic E-state index is 13.7. The van der Waals surface area contributed by atoms with Gasteiger partial charge in [0.25, 0.3) is 0 Å². The van der Waals surface area contributed by atoms with Crippen LogP contribution in [0.1, 0.15) is 12.0 Å². The number of carboxylic acids is 1. The number of aliphatic carboxylic acids is 1. The van der Waals surface area contributed by atoms with Gasteiger partial charge in [-0.3, -0.25) is 9.59 Å². The third kappa shape index (κ3) is 4.61. The molecule has 0 bridgehead atoms. The molecule has 0 spiro atoms. The molecule has 1 unspecified atom stereocenters. The number of nitrogens with zero attached hydrogens (tertiary/aromatic N) is 2. The molecule has 1 amide bonds. The van der Waals surface area contributed by atoms with E-state index in [1.54, 1.807) is 0 Å². The number of benzene rings is 1. The Morgan fingerprint density at radius 2 is 2.21 bits per heavy atom. The first-order valence-electron chi connectivity index (χ1n) is 6.47. The van der Waals surface area contributed by atoms with Crippen LogP contribution in [-0.2, 0) is 19.4 Å². The SMILES string of the molecule is CS(=O)(=O)c1ccc(F)c(C=NN=C2NC(=O)C(CC(=O)O)S2)c1. The monoisotopic (exact) mass is 373 g/mol. The summed E-state index contributed by atoms with van der Waals surface area (Å²) < 4.78 is 36.5. The molecule has 24 heavy (non-hydrogen) atoms. The quantitative estimate of drug-likeness (QED) is 0.443. The number of rotatable bonds is 5. The van der Waals surface area contributed by atoms with Gasteiger partial charge in [0.2, 0.25) is 5.91 Å². The zero-order valence-electron chi connectivity index (χ0n) is 12.3. The number of carboxylic acid groups (broad SMARTS) is 1. The van der Waals surface area contributed by atoms with E-state index in [0.29, 0.717) is 0 Å². The topological polar surface area (TPSA) is 125 Å². The van der Waals surface area contributed by atoms with Gasteiger partial charge < -0.3 is 10.4 Å². The van der Waals surface area contributed by atoms with Crippen LogP contribution in [0.3, 0.4) is 0 Å². The molecule has 0 aliphatic carbocycles. The van der Waals surface area contributed by atoms with Gasteiger partial charge in [-0.2, -0.15) is 5.10 Å². The van der Waals surface area contributed by atoms with Gasteiger partial charge in [-0.1, -0.05) is 11.8 Å². The Hall–Kier alpha value is -2.27. The third-order valence-electron chi connectivity index (χ3n) is 2.88. The second kappa shape index (κ2) is 7.09. The summed E-state index contributed by atoms with van der Waals surface area (Å²) in [4.78, 5) is 22.0. The Labute approximate surface area is 140 Å². The summed E-state index contributed by atoms with van der Waals surface area (Å²) in [5, 5.41) is 17.6. The first kappa shape index (κ1) is 18.1. The van der Waals surface area contributed by atoms with Gasteiger partial charge in [0, 0.05) is 11.8 Å². The summed E-state index contributed by atoms with van der Waals surface area (Å²) in [5.74, 6) is -2.30. The number of amides is 1. The van der Waals surface area contributed by atoms with Crippen LogP contribution in [0.15, 0.2) is 33.3 Å². The van der Waals surface area contributed by atoms with Gasteiger partial charge in [-0.25, -0.2) is 12.8 Å². The summed E-state index contributed by atoms with van der Waals surface area (Å²) in [5.41, 5.74) is -0.0846. The lowest BCUT2D eigenvalue weighted by molar-refractivity contribution is -0.138. The maximum Gasteiger partial charge on any atom is 0.305 e. The molecule has 0 radical (unpaired) electrons. The highest BCUT2D eigenvalue weighted by atomic mass is 32.2. The number of amidine groups is 1. The number of hydrogen-bond acceptors (Lipinski definition) is 7. The number of halogens is 1. The zero-order valence-corrected chi connectivity index (χ0v) is 13.9. The van der Waals surface area contributed by atoms with Gasteiger partial charge in [0.15, 0.2) is 15.0 Å². The maximum absolute atomic E-state index is 13.7. The summed E-state index contributed by atoms with van der Waals surface area (Å²) >= 11 is 0.899. The molecule has 128 valence electrons. The summed E-state index contributed by atoms with van der Waals surface area (Å²) in [7, 11) is -3.49. The minimum Gasteiger partial charge on any atom is -0.481 e. The fourth-order valence-electron chi connectivity index (χ4n) is 1.74. The summed E-state index contributed by atoms with van der Waals surface area (Å²) in [6.07, 6.45) is 1.65. The first-order chi connectivity index (χ1) is 11.2. The molecule has 1 aliphatic heterocycles. The highest BCUT2D eigenvalue weighted by Crippen LogP contribution is 2.22. The van der Waals surface area contributed by atoms with E-state index in [2.05, 4.69) is 15.5 Å². The Morgan fingerprint density at radius 3 is 2.83 bits per heavy atom. The van der Waals surface area contributed by atoms with Crippen LogP contribution in [-0.4, -0.2) is 48.3 Å². The highest BCUT2D eigenvalue weighted by molar-refractivity contribution is 8.15. The minimum absolute atomic E-state index is 0.0666. The van der Waals surface area contributed by atoms with Crippen molar-refractivity contribution in [2.75, 3.05) is 6.26 Å². The second-order valence-electron chi connectivity index (χ2n) is 4.80. The van der Waals surface area contributed by atoms with Crippen LogP contribution in [0, 0.1) is 5.82 Å². The van der Waals surface area contributed by atoms with E-state index < -0.39 is 32.8 Å². The summed E-state index contributed by atoms with van der Waals surface area (Å²) in [6, 6.07) is 3.25. The largest absolute Gasteiger partial charge is 0.481 e. The van der Waals surface area contributed by atoms with Crippen molar-refractivity contribution in [1.82, 2.24) is 5.32 Å². The molecule has 1 aromatic rings. The number of carbonyl (C=O) groups excluding carboxylic acids is 1.